The Kier molecular flexibility index (Phi) is 4.77. The molecule has 0 fully saturated rings. The van der Waals surface area contributed by atoms with Crippen LogP contribution in [0.15, 0.2) is 36.4 Å². The van der Waals surface area contributed by atoms with Crippen LogP contribution < -0.4 is 4.74 Å². The van der Waals surface area contributed by atoms with Gasteiger partial charge in [-0.3, -0.25) is 0 Å². The fourth-order valence-electron chi connectivity index (χ4n) is 2.06. The molecular weight excluding hydrogens is 240 g/mol. The minimum atomic E-state index is -0.290. The Morgan fingerprint density at radius 2 is 1.53 bits per heavy atom. The lowest BCUT2D eigenvalue weighted by Crippen LogP contribution is -2.08. The highest BCUT2D eigenvalue weighted by Gasteiger charge is 2.11. The molecule has 0 atom stereocenters. The predicted molar refractivity (Wildman–Crippen MR) is 76.5 cm³/mol. The summed E-state index contributed by atoms with van der Waals surface area (Å²) in [6.45, 7) is 5.20. The van der Waals surface area contributed by atoms with Crippen molar-refractivity contribution in [2.45, 2.75) is 20.1 Å². The van der Waals surface area contributed by atoms with Gasteiger partial charge < -0.3 is 14.2 Å². The average Bonchev–Trinajstić information content (AvgIpc) is 2.46. The Balaban J connectivity index is 2.34. The van der Waals surface area contributed by atoms with Crippen molar-refractivity contribution in [2.24, 2.45) is 0 Å². The van der Waals surface area contributed by atoms with E-state index in [9.17, 15) is 0 Å². The summed E-state index contributed by atoms with van der Waals surface area (Å²) in [7, 11) is 1.68. The topological polar surface area (TPSA) is 27.7 Å². The molecule has 0 aromatic heterocycles. The lowest BCUT2D eigenvalue weighted by Gasteiger charge is -2.17. The third-order valence-corrected chi connectivity index (χ3v) is 2.98. The minimum absolute atomic E-state index is 0.290. The number of hydrogen-bond acceptors (Lipinski definition) is 3. The highest BCUT2D eigenvalue weighted by Crippen LogP contribution is 2.26. The summed E-state index contributed by atoms with van der Waals surface area (Å²) < 4.78 is 16.5. The summed E-state index contributed by atoms with van der Waals surface area (Å²) in [4.78, 5) is 0. The molecule has 0 saturated carbocycles. The molecule has 0 unspecified atom stereocenters. The molecule has 0 aliphatic rings. The number of methoxy groups -OCH3 is 1. The zero-order valence-electron chi connectivity index (χ0n) is 11.7. The van der Waals surface area contributed by atoms with Gasteiger partial charge in [-0.15, -0.1) is 0 Å². The van der Waals surface area contributed by atoms with Crippen molar-refractivity contribution in [1.29, 1.82) is 0 Å². The van der Waals surface area contributed by atoms with E-state index in [-0.39, 0.29) is 6.29 Å². The molecule has 0 amide bonds. The predicted octanol–water partition coefficient (Wildman–Crippen LogP) is 3.92. The van der Waals surface area contributed by atoms with Crippen LogP contribution in [0.3, 0.4) is 0 Å². The summed E-state index contributed by atoms with van der Waals surface area (Å²) in [5.41, 5.74) is 1.04. The number of rotatable bonds is 6. The van der Waals surface area contributed by atoms with E-state index in [1.165, 1.54) is 0 Å². The van der Waals surface area contributed by atoms with Crippen LogP contribution in [0.25, 0.3) is 10.8 Å². The molecule has 2 rings (SSSR count). The van der Waals surface area contributed by atoms with Crippen LogP contribution in [0.5, 0.6) is 5.75 Å². The van der Waals surface area contributed by atoms with Gasteiger partial charge in [-0.05, 0) is 42.8 Å². The van der Waals surface area contributed by atoms with E-state index in [4.69, 9.17) is 14.2 Å². The van der Waals surface area contributed by atoms with E-state index in [1.54, 1.807) is 7.11 Å². The van der Waals surface area contributed by atoms with E-state index < -0.39 is 0 Å². The third-order valence-electron chi connectivity index (χ3n) is 2.98. The molecule has 0 heterocycles. The second-order valence-corrected chi connectivity index (χ2v) is 4.22. The van der Waals surface area contributed by atoms with Crippen molar-refractivity contribution in [1.82, 2.24) is 0 Å². The second-order valence-electron chi connectivity index (χ2n) is 4.22. The van der Waals surface area contributed by atoms with Crippen LogP contribution in [0, 0.1) is 0 Å². The first-order valence-corrected chi connectivity index (χ1v) is 6.59. The van der Waals surface area contributed by atoms with E-state index in [0.29, 0.717) is 13.2 Å². The largest absolute Gasteiger partial charge is 0.497 e. The Morgan fingerprint density at radius 3 is 2.16 bits per heavy atom. The van der Waals surface area contributed by atoms with Gasteiger partial charge >= 0.3 is 0 Å². The summed E-state index contributed by atoms with van der Waals surface area (Å²) >= 11 is 0. The van der Waals surface area contributed by atoms with Gasteiger partial charge in [0, 0.05) is 18.8 Å². The summed E-state index contributed by atoms with van der Waals surface area (Å²) in [6.07, 6.45) is -0.290. The lowest BCUT2D eigenvalue weighted by atomic mass is 10.1. The van der Waals surface area contributed by atoms with Crippen molar-refractivity contribution in [3.8, 4) is 5.75 Å². The van der Waals surface area contributed by atoms with Crippen molar-refractivity contribution >= 4 is 10.8 Å². The van der Waals surface area contributed by atoms with E-state index in [1.807, 2.05) is 38.1 Å². The monoisotopic (exact) mass is 260 g/mol. The van der Waals surface area contributed by atoms with Crippen LogP contribution in [-0.2, 0) is 9.47 Å². The number of benzene rings is 2. The van der Waals surface area contributed by atoms with Crippen molar-refractivity contribution in [3.63, 3.8) is 0 Å². The van der Waals surface area contributed by atoms with E-state index in [2.05, 4.69) is 12.1 Å². The first-order valence-electron chi connectivity index (χ1n) is 6.59. The normalized spacial score (nSPS) is 11.2. The van der Waals surface area contributed by atoms with Gasteiger partial charge in [-0.25, -0.2) is 0 Å². The fraction of sp³-hybridized carbons (Fsp3) is 0.375. The number of ether oxygens (including phenoxy) is 3. The molecule has 102 valence electrons. The van der Waals surface area contributed by atoms with Gasteiger partial charge in [0.15, 0.2) is 6.29 Å². The summed E-state index contributed by atoms with van der Waals surface area (Å²) in [6, 6.07) is 12.2. The summed E-state index contributed by atoms with van der Waals surface area (Å²) in [5, 5.41) is 2.30. The van der Waals surface area contributed by atoms with Crippen LogP contribution in [-0.4, -0.2) is 20.3 Å². The highest BCUT2D eigenvalue weighted by molar-refractivity contribution is 5.84. The van der Waals surface area contributed by atoms with Gasteiger partial charge in [0.1, 0.15) is 5.75 Å². The quantitative estimate of drug-likeness (QED) is 0.737. The zero-order chi connectivity index (χ0) is 13.7. The minimum Gasteiger partial charge on any atom is -0.497 e. The maximum atomic E-state index is 5.62. The van der Waals surface area contributed by atoms with Gasteiger partial charge in [0.2, 0.25) is 0 Å². The van der Waals surface area contributed by atoms with E-state index in [0.717, 1.165) is 22.1 Å². The first kappa shape index (κ1) is 13.8. The van der Waals surface area contributed by atoms with Crippen molar-refractivity contribution in [2.75, 3.05) is 20.3 Å². The van der Waals surface area contributed by atoms with Gasteiger partial charge in [0.25, 0.3) is 0 Å². The smallest absolute Gasteiger partial charge is 0.183 e. The van der Waals surface area contributed by atoms with Crippen LogP contribution in [0.2, 0.25) is 0 Å². The Hall–Kier alpha value is -1.58. The lowest BCUT2D eigenvalue weighted by molar-refractivity contribution is -0.140. The Bertz CT molecular complexity index is 531. The fourth-order valence-corrected chi connectivity index (χ4v) is 2.06. The number of fused-ring (bicyclic) bond motifs is 1. The third kappa shape index (κ3) is 3.25. The molecule has 3 heteroatoms. The first-order chi connectivity index (χ1) is 9.28. The zero-order valence-corrected chi connectivity index (χ0v) is 11.7. The Morgan fingerprint density at radius 1 is 0.895 bits per heavy atom. The van der Waals surface area contributed by atoms with Crippen LogP contribution in [0.1, 0.15) is 25.7 Å². The Labute approximate surface area is 114 Å². The SMILES string of the molecule is CCOC(OCC)c1ccc2cc(OC)ccc2c1. The van der Waals surface area contributed by atoms with Crippen LogP contribution >= 0.6 is 0 Å². The number of hydrogen-bond donors (Lipinski definition) is 0. The molecule has 0 saturated heterocycles. The second kappa shape index (κ2) is 6.55. The molecule has 19 heavy (non-hydrogen) atoms. The molecule has 0 aliphatic heterocycles. The molecule has 0 aliphatic carbocycles. The molecule has 2 aromatic rings. The summed E-state index contributed by atoms with van der Waals surface area (Å²) in [5.74, 6) is 0.867. The van der Waals surface area contributed by atoms with Crippen LogP contribution in [0.4, 0.5) is 0 Å². The highest BCUT2D eigenvalue weighted by atomic mass is 16.7. The maximum absolute atomic E-state index is 5.62. The molecule has 0 N–H and O–H groups in total. The van der Waals surface area contributed by atoms with Gasteiger partial charge in [0.05, 0.1) is 7.11 Å². The molecular formula is C16H20O3. The van der Waals surface area contributed by atoms with Crippen molar-refractivity contribution in [3.05, 3.63) is 42.0 Å². The molecule has 3 nitrogen and oxygen atoms in total. The van der Waals surface area contributed by atoms with Crippen molar-refractivity contribution < 1.29 is 14.2 Å². The van der Waals surface area contributed by atoms with Gasteiger partial charge in [-0.1, -0.05) is 18.2 Å². The standard InChI is InChI=1S/C16H20O3/c1-4-18-16(19-5-2)14-7-6-13-11-15(17-3)9-8-12(13)10-14/h6-11,16H,4-5H2,1-3H3. The molecule has 0 radical (unpaired) electrons. The van der Waals surface area contributed by atoms with Gasteiger partial charge in [-0.2, -0.15) is 0 Å². The average molecular weight is 260 g/mol. The maximum Gasteiger partial charge on any atom is 0.183 e. The van der Waals surface area contributed by atoms with E-state index >= 15 is 0 Å². The molecule has 0 spiro atoms. The molecule has 2 aromatic carbocycles. The molecule has 0 bridgehead atoms.